The molecule has 0 spiro atoms. The zero-order valence-corrected chi connectivity index (χ0v) is 17.3. The van der Waals surface area contributed by atoms with Crippen molar-refractivity contribution in [1.82, 2.24) is 20.4 Å². The van der Waals surface area contributed by atoms with Crippen LogP contribution in [0, 0.1) is 6.92 Å². The van der Waals surface area contributed by atoms with Crippen LogP contribution in [0.2, 0.25) is 0 Å². The van der Waals surface area contributed by atoms with Crippen molar-refractivity contribution in [2.24, 2.45) is 4.99 Å². The molecule has 138 valence electrons. The summed E-state index contributed by atoms with van der Waals surface area (Å²) in [5.41, 5.74) is 1.24. The number of hydrogen-bond acceptors (Lipinski definition) is 3. The van der Waals surface area contributed by atoms with Crippen LogP contribution in [0.3, 0.4) is 0 Å². The van der Waals surface area contributed by atoms with Crippen LogP contribution in [0.1, 0.15) is 18.4 Å². The van der Waals surface area contributed by atoms with Crippen molar-refractivity contribution in [3.8, 4) is 5.75 Å². The fourth-order valence-corrected chi connectivity index (χ4v) is 2.20. The van der Waals surface area contributed by atoms with Crippen LogP contribution >= 0.6 is 24.0 Å². The van der Waals surface area contributed by atoms with E-state index in [0.29, 0.717) is 6.61 Å². The standard InChI is InChI=1S/C18H27N5O.HI/c1-16-6-8-17(9-7-16)24-15-5-11-21-18(19-2)20-10-3-13-23-14-4-12-22-23;/h4,6-9,12,14H,3,5,10-11,13,15H2,1-2H3,(H2,19,20,21);1H. The molecule has 6 nitrogen and oxygen atoms in total. The Labute approximate surface area is 167 Å². The van der Waals surface area contributed by atoms with Crippen molar-refractivity contribution in [2.75, 3.05) is 26.7 Å². The van der Waals surface area contributed by atoms with Crippen LogP contribution < -0.4 is 15.4 Å². The third-order valence-corrected chi connectivity index (χ3v) is 3.54. The van der Waals surface area contributed by atoms with Crippen molar-refractivity contribution in [2.45, 2.75) is 26.3 Å². The van der Waals surface area contributed by atoms with Gasteiger partial charge in [-0.05, 0) is 38.0 Å². The Kier molecular flexibility index (Phi) is 10.7. The van der Waals surface area contributed by atoms with Gasteiger partial charge in [0, 0.05) is 39.1 Å². The van der Waals surface area contributed by atoms with Crippen LogP contribution in [-0.4, -0.2) is 42.5 Å². The predicted octanol–water partition coefficient (Wildman–Crippen LogP) is 2.83. The van der Waals surface area contributed by atoms with Crippen LogP contribution in [0.25, 0.3) is 0 Å². The van der Waals surface area contributed by atoms with Gasteiger partial charge in [-0.3, -0.25) is 9.67 Å². The Morgan fingerprint density at radius 1 is 1.16 bits per heavy atom. The topological polar surface area (TPSA) is 63.5 Å². The maximum absolute atomic E-state index is 5.71. The molecule has 0 saturated carbocycles. The SMILES string of the molecule is CN=C(NCCCOc1ccc(C)cc1)NCCCn1cccn1.I. The highest BCUT2D eigenvalue weighted by Gasteiger charge is 1.98. The second kappa shape index (κ2) is 12.6. The van der Waals surface area contributed by atoms with Crippen LogP contribution in [0.5, 0.6) is 5.75 Å². The number of guanidine groups is 1. The van der Waals surface area contributed by atoms with E-state index in [0.717, 1.165) is 44.2 Å². The van der Waals surface area contributed by atoms with Gasteiger partial charge in [0.2, 0.25) is 0 Å². The highest BCUT2D eigenvalue weighted by molar-refractivity contribution is 14.0. The zero-order chi connectivity index (χ0) is 17.0. The van der Waals surface area contributed by atoms with Gasteiger partial charge in [0.25, 0.3) is 0 Å². The summed E-state index contributed by atoms with van der Waals surface area (Å²) in [6.45, 7) is 5.35. The lowest BCUT2D eigenvalue weighted by molar-refractivity contribution is 0.311. The van der Waals surface area contributed by atoms with Crippen LogP contribution in [-0.2, 0) is 6.54 Å². The maximum Gasteiger partial charge on any atom is 0.190 e. The van der Waals surface area contributed by atoms with Gasteiger partial charge < -0.3 is 15.4 Å². The lowest BCUT2D eigenvalue weighted by Gasteiger charge is -2.12. The smallest absolute Gasteiger partial charge is 0.190 e. The van der Waals surface area contributed by atoms with Crippen LogP contribution in [0.15, 0.2) is 47.7 Å². The molecule has 0 bridgehead atoms. The average molecular weight is 457 g/mol. The predicted molar refractivity (Wildman–Crippen MR) is 113 cm³/mol. The normalized spacial score (nSPS) is 10.9. The summed E-state index contributed by atoms with van der Waals surface area (Å²) < 4.78 is 7.64. The van der Waals surface area contributed by atoms with Gasteiger partial charge in [0.15, 0.2) is 5.96 Å². The molecule has 0 aliphatic heterocycles. The van der Waals surface area contributed by atoms with E-state index in [-0.39, 0.29) is 24.0 Å². The summed E-state index contributed by atoms with van der Waals surface area (Å²) in [5, 5.41) is 10.8. The summed E-state index contributed by atoms with van der Waals surface area (Å²) in [4.78, 5) is 4.22. The Hall–Kier alpha value is -1.77. The Balaban J connectivity index is 0.00000312. The molecule has 2 aromatic rings. The minimum Gasteiger partial charge on any atom is -0.494 e. The summed E-state index contributed by atoms with van der Waals surface area (Å²) >= 11 is 0. The summed E-state index contributed by atoms with van der Waals surface area (Å²) in [5.74, 6) is 1.74. The van der Waals surface area contributed by atoms with E-state index in [1.165, 1.54) is 5.56 Å². The highest BCUT2D eigenvalue weighted by Crippen LogP contribution is 2.11. The molecule has 2 rings (SSSR count). The largest absolute Gasteiger partial charge is 0.494 e. The van der Waals surface area contributed by atoms with Gasteiger partial charge >= 0.3 is 0 Å². The quantitative estimate of drug-likeness (QED) is 0.263. The number of halogens is 1. The molecule has 0 saturated heterocycles. The van der Waals surface area contributed by atoms with E-state index in [4.69, 9.17) is 4.74 Å². The van der Waals surface area contributed by atoms with Gasteiger partial charge in [-0.25, -0.2) is 0 Å². The van der Waals surface area contributed by atoms with Gasteiger partial charge in [-0.2, -0.15) is 5.10 Å². The van der Waals surface area contributed by atoms with E-state index < -0.39 is 0 Å². The summed E-state index contributed by atoms with van der Waals surface area (Å²) in [6, 6.07) is 10.1. The first-order valence-electron chi connectivity index (χ1n) is 8.39. The molecule has 0 amide bonds. The molecule has 0 fully saturated rings. The molecule has 0 aliphatic carbocycles. The second-order valence-corrected chi connectivity index (χ2v) is 5.56. The van der Waals surface area contributed by atoms with E-state index in [1.807, 2.05) is 29.1 Å². The summed E-state index contributed by atoms with van der Waals surface area (Å²) in [7, 11) is 1.78. The molecular formula is C18H28IN5O. The minimum absolute atomic E-state index is 0. The molecule has 1 heterocycles. The van der Waals surface area contributed by atoms with E-state index in [1.54, 1.807) is 13.2 Å². The second-order valence-electron chi connectivity index (χ2n) is 5.56. The van der Waals surface area contributed by atoms with Crippen molar-refractivity contribution >= 4 is 29.9 Å². The fraction of sp³-hybridized carbons (Fsp3) is 0.444. The number of nitrogens with one attached hydrogen (secondary N) is 2. The Morgan fingerprint density at radius 2 is 1.88 bits per heavy atom. The van der Waals surface area contributed by atoms with E-state index >= 15 is 0 Å². The molecule has 1 aromatic heterocycles. The van der Waals surface area contributed by atoms with Gasteiger partial charge in [-0.1, -0.05) is 17.7 Å². The molecule has 0 aliphatic rings. The Morgan fingerprint density at radius 3 is 2.52 bits per heavy atom. The first-order chi connectivity index (χ1) is 11.8. The van der Waals surface area contributed by atoms with E-state index in [2.05, 4.69) is 39.8 Å². The first-order valence-corrected chi connectivity index (χ1v) is 8.39. The number of aromatic nitrogens is 2. The van der Waals surface area contributed by atoms with Gasteiger partial charge in [-0.15, -0.1) is 24.0 Å². The number of rotatable bonds is 9. The van der Waals surface area contributed by atoms with Crippen molar-refractivity contribution in [3.63, 3.8) is 0 Å². The zero-order valence-electron chi connectivity index (χ0n) is 14.9. The number of ether oxygens (including phenoxy) is 1. The number of aryl methyl sites for hydroxylation is 2. The van der Waals surface area contributed by atoms with Gasteiger partial charge in [0.05, 0.1) is 6.61 Å². The Bertz CT molecular complexity index is 598. The third kappa shape index (κ3) is 8.76. The first kappa shape index (κ1) is 21.3. The number of benzene rings is 1. The maximum atomic E-state index is 5.71. The lowest BCUT2D eigenvalue weighted by atomic mass is 10.2. The third-order valence-electron chi connectivity index (χ3n) is 3.54. The molecule has 0 unspecified atom stereocenters. The highest BCUT2D eigenvalue weighted by atomic mass is 127. The molecule has 0 radical (unpaired) electrons. The summed E-state index contributed by atoms with van der Waals surface area (Å²) in [6.07, 6.45) is 5.69. The molecule has 7 heteroatoms. The van der Waals surface area contributed by atoms with Crippen molar-refractivity contribution in [1.29, 1.82) is 0 Å². The monoisotopic (exact) mass is 457 g/mol. The van der Waals surface area contributed by atoms with Gasteiger partial charge in [0.1, 0.15) is 5.75 Å². The van der Waals surface area contributed by atoms with Crippen molar-refractivity contribution in [3.05, 3.63) is 48.3 Å². The average Bonchev–Trinajstić information content (AvgIpc) is 3.11. The molecule has 0 atom stereocenters. The molecule has 25 heavy (non-hydrogen) atoms. The number of aliphatic imine (C=N–C) groups is 1. The van der Waals surface area contributed by atoms with E-state index in [9.17, 15) is 0 Å². The van der Waals surface area contributed by atoms with Crippen LogP contribution in [0.4, 0.5) is 0 Å². The molecule has 2 N–H and O–H groups in total. The lowest BCUT2D eigenvalue weighted by Crippen LogP contribution is -2.38. The molecular weight excluding hydrogens is 429 g/mol. The fourth-order valence-electron chi connectivity index (χ4n) is 2.20. The number of hydrogen-bond donors (Lipinski definition) is 2. The van der Waals surface area contributed by atoms with Crippen molar-refractivity contribution < 1.29 is 4.74 Å². The minimum atomic E-state index is 0. The number of nitrogens with zero attached hydrogens (tertiary/aromatic N) is 3. The molecule has 1 aromatic carbocycles.